The van der Waals surface area contributed by atoms with Crippen LogP contribution in [0.4, 0.5) is 0 Å². The zero-order chi connectivity index (χ0) is 14.5. The third kappa shape index (κ3) is 3.74. The highest BCUT2D eigenvalue weighted by Gasteiger charge is 2.13. The maximum absolute atomic E-state index is 11.8. The zero-order valence-electron chi connectivity index (χ0n) is 12.1. The molecule has 20 heavy (non-hydrogen) atoms. The van der Waals surface area contributed by atoms with Crippen LogP contribution in [0, 0.1) is 0 Å². The van der Waals surface area contributed by atoms with Crippen molar-refractivity contribution in [2.45, 2.75) is 39.4 Å². The molecule has 1 aromatic heterocycles. The molecule has 1 aromatic carbocycles. The van der Waals surface area contributed by atoms with Gasteiger partial charge in [0.15, 0.2) is 0 Å². The number of hydrogen-bond acceptors (Lipinski definition) is 4. The minimum absolute atomic E-state index is 0.00579. The Morgan fingerprint density at radius 1 is 1.20 bits per heavy atom. The van der Waals surface area contributed by atoms with Crippen LogP contribution in [0.3, 0.4) is 0 Å². The molecule has 2 N–H and O–H groups in total. The van der Waals surface area contributed by atoms with Gasteiger partial charge in [0.05, 0.1) is 29.0 Å². The number of hydrogen-bond donors (Lipinski definition) is 2. The van der Waals surface area contributed by atoms with Gasteiger partial charge in [0.1, 0.15) is 0 Å². The average molecular weight is 272 g/mol. The van der Waals surface area contributed by atoms with Gasteiger partial charge in [0, 0.05) is 12.6 Å². The van der Waals surface area contributed by atoms with Gasteiger partial charge >= 0.3 is 0 Å². The number of nitrogens with one attached hydrogen (secondary N) is 2. The number of rotatable bonds is 5. The number of nitrogens with zero attached hydrogens (tertiary/aromatic N) is 2. The smallest absolute Gasteiger partial charge is 0.237 e. The molecular formula is C15H20N4O. The lowest BCUT2D eigenvalue weighted by Gasteiger charge is -2.15. The molecule has 0 aliphatic carbocycles. The van der Waals surface area contributed by atoms with E-state index in [0.717, 1.165) is 16.7 Å². The first-order chi connectivity index (χ1) is 9.56. The molecule has 0 saturated heterocycles. The lowest BCUT2D eigenvalue weighted by molar-refractivity contribution is -0.123. The fourth-order valence-electron chi connectivity index (χ4n) is 1.84. The van der Waals surface area contributed by atoms with Crippen molar-refractivity contribution in [3.8, 4) is 0 Å². The summed E-state index contributed by atoms with van der Waals surface area (Å²) in [7, 11) is 0. The van der Waals surface area contributed by atoms with Crippen LogP contribution in [0.2, 0.25) is 0 Å². The molecule has 0 fully saturated rings. The third-order valence-electron chi connectivity index (χ3n) is 2.91. The van der Waals surface area contributed by atoms with Gasteiger partial charge in [-0.25, -0.2) is 4.98 Å². The van der Waals surface area contributed by atoms with Crippen LogP contribution in [-0.4, -0.2) is 28.0 Å². The molecule has 1 heterocycles. The molecule has 5 nitrogen and oxygen atoms in total. The first kappa shape index (κ1) is 14.4. The van der Waals surface area contributed by atoms with E-state index in [1.807, 2.05) is 45.0 Å². The molecule has 0 saturated carbocycles. The summed E-state index contributed by atoms with van der Waals surface area (Å²) in [6.45, 7) is 6.25. The fourth-order valence-corrected chi connectivity index (χ4v) is 1.84. The van der Waals surface area contributed by atoms with E-state index in [4.69, 9.17) is 0 Å². The van der Waals surface area contributed by atoms with Gasteiger partial charge in [-0.15, -0.1) is 0 Å². The first-order valence-corrected chi connectivity index (χ1v) is 6.80. The van der Waals surface area contributed by atoms with Crippen molar-refractivity contribution in [2.75, 3.05) is 0 Å². The number of carbonyl (C=O) groups is 1. The Morgan fingerprint density at radius 2 is 1.90 bits per heavy atom. The van der Waals surface area contributed by atoms with Gasteiger partial charge in [0.2, 0.25) is 5.91 Å². The van der Waals surface area contributed by atoms with Crippen LogP contribution in [-0.2, 0) is 11.3 Å². The van der Waals surface area contributed by atoms with E-state index in [1.165, 1.54) is 0 Å². The van der Waals surface area contributed by atoms with Gasteiger partial charge in [-0.2, -0.15) is 0 Å². The van der Waals surface area contributed by atoms with Gasteiger partial charge < -0.3 is 10.6 Å². The molecule has 5 heteroatoms. The summed E-state index contributed by atoms with van der Waals surface area (Å²) in [6.07, 6.45) is 1.74. The van der Waals surface area contributed by atoms with Crippen molar-refractivity contribution in [3.05, 3.63) is 36.2 Å². The van der Waals surface area contributed by atoms with Crippen LogP contribution in [0.25, 0.3) is 11.0 Å². The number of fused-ring (bicyclic) bond motifs is 1. The summed E-state index contributed by atoms with van der Waals surface area (Å²) in [5.74, 6) is -0.00579. The van der Waals surface area contributed by atoms with E-state index in [-0.39, 0.29) is 18.0 Å². The summed E-state index contributed by atoms with van der Waals surface area (Å²) in [5, 5.41) is 6.03. The van der Waals surface area contributed by atoms with Crippen molar-refractivity contribution in [3.63, 3.8) is 0 Å². The minimum Gasteiger partial charge on any atom is -0.353 e. The average Bonchev–Trinajstić information content (AvgIpc) is 2.43. The second-order valence-electron chi connectivity index (χ2n) is 5.12. The second-order valence-corrected chi connectivity index (χ2v) is 5.12. The van der Waals surface area contributed by atoms with E-state index >= 15 is 0 Å². The summed E-state index contributed by atoms with van der Waals surface area (Å²) in [4.78, 5) is 20.6. The van der Waals surface area contributed by atoms with E-state index < -0.39 is 0 Å². The number of para-hydroxylation sites is 2. The van der Waals surface area contributed by atoms with Crippen molar-refractivity contribution in [1.29, 1.82) is 0 Å². The van der Waals surface area contributed by atoms with Crippen molar-refractivity contribution >= 4 is 16.9 Å². The lowest BCUT2D eigenvalue weighted by atomic mass is 10.2. The highest BCUT2D eigenvalue weighted by Crippen LogP contribution is 2.08. The first-order valence-electron chi connectivity index (χ1n) is 6.80. The zero-order valence-corrected chi connectivity index (χ0v) is 12.1. The van der Waals surface area contributed by atoms with Crippen LogP contribution >= 0.6 is 0 Å². The SMILES string of the molecule is CC(C)NC(=O)C(C)NCc1cnc2ccccc2n1. The Kier molecular flexibility index (Phi) is 4.63. The monoisotopic (exact) mass is 272 g/mol. The minimum atomic E-state index is -0.259. The van der Waals surface area contributed by atoms with Gasteiger partial charge in [-0.3, -0.25) is 9.78 Å². The van der Waals surface area contributed by atoms with Gasteiger partial charge in [-0.1, -0.05) is 12.1 Å². The quantitative estimate of drug-likeness (QED) is 0.868. The van der Waals surface area contributed by atoms with Crippen molar-refractivity contribution in [2.24, 2.45) is 0 Å². The van der Waals surface area contributed by atoms with Gasteiger partial charge in [0.25, 0.3) is 0 Å². The molecule has 2 aromatic rings. The predicted molar refractivity (Wildman–Crippen MR) is 79.1 cm³/mol. The normalized spacial score (nSPS) is 12.6. The van der Waals surface area contributed by atoms with Crippen LogP contribution < -0.4 is 10.6 Å². The highest BCUT2D eigenvalue weighted by molar-refractivity contribution is 5.81. The molecule has 2 rings (SSSR count). The van der Waals surface area contributed by atoms with Crippen LogP contribution in [0.1, 0.15) is 26.5 Å². The van der Waals surface area contributed by atoms with Crippen molar-refractivity contribution < 1.29 is 4.79 Å². The molecule has 0 radical (unpaired) electrons. The number of amides is 1. The highest BCUT2D eigenvalue weighted by atomic mass is 16.2. The standard InChI is InChI=1S/C15H20N4O/c1-10(2)18-15(20)11(3)16-8-12-9-17-13-6-4-5-7-14(13)19-12/h4-7,9-11,16H,8H2,1-3H3,(H,18,20). The fraction of sp³-hybridized carbons (Fsp3) is 0.400. The Morgan fingerprint density at radius 3 is 2.60 bits per heavy atom. The number of carbonyl (C=O) groups excluding carboxylic acids is 1. The topological polar surface area (TPSA) is 66.9 Å². The Labute approximate surface area is 118 Å². The molecule has 1 unspecified atom stereocenters. The molecule has 1 amide bonds. The van der Waals surface area contributed by atoms with E-state index in [9.17, 15) is 4.79 Å². The molecule has 0 bridgehead atoms. The van der Waals surface area contributed by atoms with E-state index in [1.54, 1.807) is 6.20 Å². The third-order valence-corrected chi connectivity index (χ3v) is 2.91. The predicted octanol–water partition coefficient (Wildman–Crippen LogP) is 1.63. The Bertz CT molecular complexity index is 597. The molecular weight excluding hydrogens is 252 g/mol. The molecule has 106 valence electrons. The summed E-state index contributed by atoms with van der Waals surface area (Å²) < 4.78 is 0. The summed E-state index contributed by atoms with van der Waals surface area (Å²) in [6, 6.07) is 7.62. The summed E-state index contributed by atoms with van der Waals surface area (Å²) in [5.41, 5.74) is 2.57. The maximum atomic E-state index is 11.8. The lowest BCUT2D eigenvalue weighted by Crippen LogP contribution is -2.44. The van der Waals surface area contributed by atoms with E-state index in [2.05, 4.69) is 20.6 Å². The maximum Gasteiger partial charge on any atom is 0.237 e. The molecule has 0 aliphatic heterocycles. The number of aromatic nitrogens is 2. The number of benzene rings is 1. The molecule has 1 atom stereocenters. The molecule has 0 spiro atoms. The van der Waals surface area contributed by atoms with E-state index in [0.29, 0.717) is 6.54 Å². The largest absolute Gasteiger partial charge is 0.353 e. The van der Waals surface area contributed by atoms with Crippen LogP contribution in [0.15, 0.2) is 30.5 Å². The van der Waals surface area contributed by atoms with Crippen LogP contribution in [0.5, 0.6) is 0 Å². The summed E-state index contributed by atoms with van der Waals surface area (Å²) >= 11 is 0. The Balaban J connectivity index is 1.97. The molecule has 0 aliphatic rings. The van der Waals surface area contributed by atoms with Gasteiger partial charge in [-0.05, 0) is 32.9 Å². The Hall–Kier alpha value is -2.01. The van der Waals surface area contributed by atoms with Crippen molar-refractivity contribution in [1.82, 2.24) is 20.6 Å². The second kappa shape index (κ2) is 6.43.